The van der Waals surface area contributed by atoms with E-state index in [0.717, 1.165) is 32.5 Å². The molecule has 136 valence electrons. The Morgan fingerprint density at radius 2 is 1.96 bits per heavy atom. The molecule has 0 atom stereocenters. The van der Waals surface area contributed by atoms with Gasteiger partial charge in [-0.25, -0.2) is 0 Å². The molecule has 1 aliphatic carbocycles. The van der Waals surface area contributed by atoms with Crippen molar-refractivity contribution in [1.82, 2.24) is 9.80 Å². The monoisotopic (exact) mass is 344 g/mol. The molecule has 2 heterocycles. The first-order valence-electron chi connectivity index (χ1n) is 9.49. The molecule has 0 aromatic heterocycles. The van der Waals surface area contributed by atoms with E-state index in [1.807, 2.05) is 4.90 Å². The number of carbonyl (C=O) groups is 1. The molecule has 1 spiro atoms. The zero-order valence-electron chi connectivity index (χ0n) is 15.1. The minimum atomic E-state index is -0.408. The van der Waals surface area contributed by atoms with Gasteiger partial charge in [-0.1, -0.05) is 29.8 Å². The number of rotatable bonds is 5. The van der Waals surface area contributed by atoms with E-state index in [4.69, 9.17) is 9.47 Å². The van der Waals surface area contributed by atoms with E-state index in [1.165, 1.54) is 24.0 Å². The highest BCUT2D eigenvalue weighted by Gasteiger charge is 2.41. The highest BCUT2D eigenvalue weighted by atomic mass is 16.7. The third-order valence-electron chi connectivity index (χ3n) is 5.56. The summed E-state index contributed by atoms with van der Waals surface area (Å²) >= 11 is 0. The molecule has 2 saturated heterocycles. The Kier molecular flexibility index (Phi) is 4.80. The lowest BCUT2D eigenvalue weighted by Gasteiger charge is -2.38. The zero-order valence-corrected chi connectivity index (χ0v) is 15.1. The molecule has 2 aliphatic heterocycles. The van der Waals surface area contributed by atoms with Gasteiger partial charge in [-0.3, -0.25) is 9.69 Å². The number of benzene rings is 1. The molecule has 0 bridgehead atoms. The average Bonchev–Trinajstić information content (AvgIpc) is 3.36. The largest absolute Gasteiger partial charge is 0.347 e. The zero-order chi connectivity index (χ0) is 17.3. The average molecular weight is 344 g/mol. The number of piperidine rings is 1. The summed E-state index contributed by atoms with van der Waals surface area (Å²) in [6.07, 6.45) is 4.01. The number of aryl methyl sites for hydroxylation is 1. The van der Waals surface area contributed by atoms with Crippen LogP contribution >= 0.6 is 0 Å². The Bertz CT molecular complexity index is 613. The molecule has 3 fully saturated rings. The molecular weight excluding hydrogens is 316 g/mol. The molecule has 4 rings (SSSR count). The second kappa shape index (κ2) is 7.06. The Hall–Kier alpha value is -1.43. The second-order valence-corrected chi connectivity index (χ2v) is 7.61. The molecule has 1 amide bonds. The van der Waals surface area contributed by atoms with Crippen molar-refractivity contribution in [3.8, 4) is 0 Å². The summed E-state index contributed by atoms with van der Waals surface area (Å²) in [4.78, 5) is 17.1. The molecule has 1 saturated carbocycles. The summed E-state index contributed by atoms with van der Waals surface area (Å²) in [5.74, 6) is -0.165. The van der Waals surface area contributed by atoms with Crippen LogP contribution in [0.1, 0.15) is 36.8 Å². The van der Waals surface area contributed by atoms with Gasteiger partial charge in [0.1, 0.15) is 0 Å². The first kappa shape index (κ1) is 17.0. The van der Waals surface area contributed by atoms with Crippen LogP contribution in [0.2, 0.25) is 0 Å². The van der Waals surface area contributed by atoms with Crippen molar-refractivity contribution in [1.29, 1.82) is 0 Å². The van der Waals surface area contributed by atoms with E-state index in [1.54, 1.807) is 0 Å². The number of likely N-dealkylation sites (tertiary alicyclic amines) is 1. The smallest absolute Gasteiger partial charge is 0.236 e. The van der Waals surface area contributed by atoms with Gasteiger partial charge in [0.05, 0.1) is 19.8 Å². The molecule has 25 heavy (non-hydrogen) atoms. The van der Waals surface area contributed by atoms with Crippen LogP contribution in [-0.2, 0) is 20.8 Å². The topological polar surface area (TPSA) is 42.0 Å². The third kappa shape index (κ3) is 4.05. The third-order valence-corrected chi connectivity index (χ3v) is 5.56. The van der Waals surface area contributed by atoms with E-state index in [9.17, 15) is 4.79 Å². The lowest BCUT2D eigenvalue weighted by molar-refractivity contribution is -0.187. The standard InChI is InChI=1S/C20H28N2O3/c1-16-3-2-4-17(13-16)14-22(18-5-6-18)15-19(23)21-9-7-20(8-10-21)24-11-12-25-20/h2-4,13,18H,5-12,14-15H2,1H3. The molecule has 1 aromatic carbocycles. The van der Waals surface area contributed by atoms with Crippen molar-refractivity contribution in [2.75, 3.05) is 32.8 Å². The second-order valence-electron chi connectivity index (χ2n) is 7.61. The highest BCUT2D eigenvalue weighted by molar-refractivity contribution is 5.78. The Morgan fingerprint density at radius 3 is 2.60 bits per heavy atom. The van der Waals surface area contributed by atoms with E-state index in [2.05, 4.69) is 36.1 Å². The van der Waals surface area contributed by atoms with E-state index >= 15 is 0 Å². The summed E-state index contributed by atoms with van der Waals surface area (Å²) in [5, 5.41) is 0. The lowest BCUT2D eigenvalue weighted by Crippen LogP contribution is -2.50. The molecule has 5 nitrogen and oxygen atoms in total. The Labute approximate surface area is 149 Å². The number of ether oxygens (including phenoxy) is 2. The molecule has 1 aromatic rings. The number of carbonyl (C=O) groups excluding carboxylic acids is 1. The molecule has 0 N–H and O–H groups in total. The number of amides is 1. The maximum absolute atomic E-state index is 12.8. The van der Waals surface area contributed by atoms with E-state index in [0.29, 0.717) is 25.8 Å². The van der Waals surface area contributed by atoms with Crippen LogP contribution in [0.25, 0.3) is 0 Å². The van der Waals surface area contributed by atoms with E-state index < -0.39 is 5.79 Å². The van der Waals surface area contributed by atoms with Crippen molar-refractivity contribution in [3.05, 3.63) is 35.4 Å². The van der Waals surface area contributed by atoms with Gasteiger partial charge in [0.2, 0.25) is 5.91 Å². The molecule has 5 heteroatoms. The number of nitrogens with zero attached hydrogens (tertiary/aromatic N) is 2. The van der Waals surface area contributed by atoms with Gasteiger partial charge in [0.15, 0.2) is 5.79 Å². The SMILES string of the molecule is Cc1cccc(CN(CC(=O)N2CCC3(CC2)OCCO3)C2CC2)c1. The molecule has 3 aliphatic rings. The van der Waals surface area contributed by atoms with Crippen LogP contribution < -0.4 is 0 Å². The summed E-state index contributed by atoms with van der Waals surface area (Å²) in [5.41, 5.74) is 2.57. The summed E-state index contributed by atoms with van der Waals surface area (Å²) in [6, 6.07) is 9.17. The van der Waals surface area contributed by atoms with Crippen LogP contribution in [0.4, 0.5) is 0 Å². The predicted octanol–water partition coefficient (Wildman–Crippen LogP) is 2.32. The minimum Gasteiger partial charge on any atom is -0.347 e. The normalized spacial score (nSPS) is 22.7. The van der Waals surface area contributed by atoms with Gasteiger partial charge in [-0.15, -0.1) is 0 Å². The fourth-order valence-electron chi connectivity index (χ4n) is 3.96. The van der Waals surface area contributed by atoms with Crippen molar-refractivity contribution in [3.63, 3.8) is 0 Å². The van der Waals surface area contributed by atoms with Gasteiger partial charge < -0.3 is 14.4 Å². The van der Waals surface area contributed by atoms with Crippen LogP contribution in [0.5, 0.6) is 0 Å². The summed E-state index contributed by atoms with van der Waals surface area (Å²) in [7, 11) is 0. The molecule has 0 radical (unpaired) electrons. The first-order valence-corrected chi connectivity index (χ1v) is 9.49. The van der Waals surface area contributed by atoms with Gasteiger partial charge in [0, 0.05) is 38.5 Å². The van der Waals surface area contributed by atoms with E-state index in [-0.39, 0.29) is 5.91 Å². The number of hydrogen-bond acceptors (Lipinski definition) is 4. The van der Waals surface area contributed by atoms with Crippen molar-refractivity contribution >= 4 is 5.91 Å². The highest BCUT2D eigenvalue weighted by Crippen LogP contribution is 2.32. The fraction of sp³-hybridized carbons (Fsp3) is 0.650. The predicted molar refractivity (Wildman–Crippen MR) is 95.1 cm³/mol. The van der Waals surface area contributed by atoms with Gasteiger partial charge >= 0.3 is 0 Å². The maximum Gasteiger partial charge on any atom is 0.236 e. The van der Waals surface area contributed by atoms with Crippen molar-refractivity contribution in [2.45, 2.75) is 51.0 Å². The quantitative estimate of drug-likeness (QED) is 0.822. The van der Waals surface area contributed by atoms with Crippen LogP contribution in [0.15, 0.2) is 24.3 Å². The van der Waals surface area contributed by atoms with Crippen LogP contribution in [0.3, 0.4) is 0 Å². The van der Waals surface area contributed by atoms with Crippen LogP contribution in [-0.4, -0.2) is 60.4 Å². The Balaban J connectivity index is 1.33. The van der Waals surface area contributed by atoms with Gasteiger partial charge in [-0.2, -0.15) is 0 Å². The lowest BCUT2D eigenvalue weighted by atomic mass is 10.0. The molecule has 0 unspecified atom stereocenters. The van der Waals surface area contributed by atoms with Gasteiger partial charge in [-0.05, 0) is 25.3 Å². The molecular formula is C20H28N2O3. The minimum absolute atomic E-state index is 0.243. The first-order chi connectivity index (χ1) is 12.1. The Morgan fingerprint density at radius 1 is 1.24 bits per heavy atom. The summed E-state index contributed by atoms with van der Waals surface area (Å²) < 4.78 is 11.5. The fourth-order valence-corrected chi connectivity index (χ4v) is 3.96. The van der Waals surface area contributed by atoms with Crippen LogP contribution in [0, 0.1) is 6.92 Å². The van der Waals surface area contributed by atoms with Gasteiger partial charge in [0.25, 0.3) is 0 Å². The summed E-state index contributed by atoms with van der Waals surface area (Å²) in [6.45, 7) is 6.34. The maximum atomic E-state index is 12.8. The van der Waals surface area contributed by atoms with Crippen molar-refractivity contribution < 1.29 is 14.3 Å². The van der Waals surface area contributed by atoms with Crippen molar-refractivity contribution in [2.24, 2.45) is 0 Å². The number of hydrogen-bond donors (Lipinski definition) is 0.